The van der Waals surface area contributed by atoms with Crippen molar-refractivity contribution in [3.05, 3.63) is 33.9 Å². The molecule has 6 nitrogen and oxygen atoms in total. The van der Waals surface area contributed by atoms with E-state index in [2.05, 4.69) is 5.32 Å². The molecule has 0 saturated heterocycles. The maximum absolute atomic E-state index is 10.9. The number of nitro groups is 1. The molecule has 2 atom stereocenters. The van der Waals surface area contributed by atoms with Crippen LogP contribution in [0.5, 0.6) is 0 Å². The Morgan fingerprint density at radius 2 is 2.21 bits per heavy atom. The van der Waals surface area contributed by atoms with Gasteiger partial charge in [0.05, 0.1) is 10.8 Å². The molecule has 1 aromatic rings. The molecule has 0 unspecified atom stereocenters. The number of nitro benzene ring substituents is 1. The molecule has 2 rings (SSSR count). The van der Waals surface area contributed by atoms with Crippen LogP contribution in [0, 0.1) is 23.0 Å². The van der Waals surface area contributed by atoms with Gasteiger partial charge in [0.2, 0.25) is 0 Å². The van der Waals surface area contributed by atoms with Crippen LogP contribution in [0.2, 0.25) is 0 Å². The summed E-state index contributed by atoms with van der Waals surface area (Å²) in [4.78, 5) is 21.3. The molecule has 1 aromatic carbocycles. The Morgan fingerprint density at radius 3 is 2.79 bits per heavy atom. The van der Waals surface area contributed by atoms with Crippen LogP contribution >= 0.6 is 0 Å². The first kappa shape index (κ1) is 13.3. The van der Waals surface area contributed by atoms with Gasteiger partial charge in [-0.25, -0.2) is 0 Å². The van der Waals surface area contributed by atoms with Gasteiger partial charge >= 0.3 is 5.97 Å². The number of rotatable bonds is 4. The van der Waals surface area contributed by atoms with Crippen molar-refractivity contribution in [3.63, 3.8) is 0 Å². The number of nitrogens with zero attached hydrogens (tertiary/aromatic N) is 1. The minimum atomic E-state index is -0.764. The fourth-order valence-electron chi connectivity index (χ4n) is 2.53. The Kier molecular flexibility index (Phi) is 3.69. The Labute approximate surface area is 110 Å². The molecule has 6 heteroatoms. The number of hydrogen-bond donors (Lipinski definition) is 2. The number of carboxylic acid groups (broad SMARTS) is 1. The highest BCUT2D eigenvalue weighted by molar-refractivity contribution is 5.70. The number of carboxylic acids is 1. The van der Waals surface area contributed by atoms with Gasteiger partial charge in [-0.2, -0.15) is 0 Å². The smallest absolute Gasteiger partial charge is 0.306 e. The second-order valence-electron chi connectivity index (χ2n) is 4.90. The second kappa shape index (κ2) is 5.26. The van der Waals surface area contributed by atoms with E-state index in [9.17, 15) is 14.9 Å². The molecular formula is C13H16N2O4. The molecule has 0 bridgehead atoms. The fourth-order valence-corrected chi connectivity index (χ4v) is 2.53. The molecule has 1 saturated carbocycles. The van der Waals surface area contributed by atoms with E-state index in [1.54, 1.807) is 19.1 Å². The molecule has 0 aromatic heterocycles. The molecule has 2 N–H and O–H groups in total. The van der Waals surface area contributed by atoms with Gasteiger partial charge in [0, 0.05) is 23.4 Å². The Balaban J connectivity index is 2.10. The van der Waals surface area contributed by atoms with E-state index in [1.807, 2.05) is 0 Å². The van der Waals surface area contributed by atoms with Gasteiger partial charge in [-0.3, -0.25) is 14.9 Å². The summed E-state index contributed by atoms with van der Waals surface area (Å²) in [7, 11) is 0. The molecule has 19 heavy (non-hydrogen) atoms. The van der Waals surface area contributed by atoms with Crippen molar-refractivity contribution >= 4 is 17.3 Å². The number of benzene rings is 1. The molecular weight excluding hydrogens is 248 g/mol. The van der Waals surface area contributed by atoms with Gasteiger partial charge in [-0.1, -0.05) is 6.07 Å². The van der Waals surface area contributed by atoms with Gasteiger partial charge in [-0.05, 0) is 32.3 Å². The molecule has 0 amide bonds. The topological polar surface area (TPSA) is 92.5 Å². The van der Waals surface area contributed by atoms with E-state index in [0.717, 1.165) is 6.42 Å². The van der Waals surface area contributed by atoms with E-state index >= 15 is 0 Å². The zero-order valence-electron chi connectivity index (χ0n) is 10.6. The van der Waals surface area contributed by atoms with Crippen LogP contribution in [0.25, 0.3) is 0 Å². The maximum Gasteiger partial charge on any atom is 0.306 e. The van der Waals surface area contributed by atoms with Gasteiger partial charge in [-0.15, -0.1) is 0 Å². The maximum atomic E-state index is 10.9. The minimum Gasteiger partial charge on any atom is -0.481 e. The quantitative estimate of drug-likeness (QED) is 0.644. The molecule has 0 spiro atoms. The van der Waals surface area contributed by atoms with Crippen LogP contribution in [0.4, 0.5) is 11.4 Å². The number of nitrogens with one attached hydrogen (secondary N) is 1. The van der Waals surface area contributed by atoms with Crippen molar-refractivity contribution in [2.75, 3.05) is 5.32 Å². The van der Waals surface area contributed by atoms with Crippen molar-refractivity contribution in [2.24, 2.45) is 5.92 Å². The summed E-state index contributed by atoms with van der Waals surface area (Å²) < 4.78 is 0. The molecule has 0 aliphatic heterocycles. The van der Waals surface area contributed by atoms with E-state index in [-0.39, 0.29) is 17.6 Å². The van der Waals surface area contributed by atoms with Crippen molar-refractivity contribution in [1.82, 2.24) is 0 Å². The Bertz CT molecular complexity index is 515. The average molecular weight is 264 g/mol. The SMILES string of the molecule is Cc1c(N[C@H]2CC[C@@H](C(=O)O)C2)cccc1[N+](=O)[O-]. The van der Waals surface area contributed by atoms with Crippen LogP contribution in [0.3, 0.4) is 0 Å². The highest BCUT2D eigenvalue weighted by Crippen LogP contribution is 2.31. The molecule has 102 valence electrons. The summed E-state index contributed by atoms with van der Waals surface area (Å²) >= 11 is 0. The lowest BCUT2D eigenvalue weighted by atomic mass is 10.1. The number of carbonyl (C=O) groups is 1. The monoisotopic (exact) mass is 264 g/mol. The average Bonchev–Trinajstić information content (AvgIpc) is 2.80. The van der Waals surface area contributed by atoms with Crippen LogP contribution in [-0.2, 0) is 4.79 Å². The molecule has 0 heterocycles. The number of hydrogen-bond acceptors (Lipinski definition) is 4. The van der Waals surface area contributed by atoms with E-state index in [0.29, 0.717) is 24.1 Å². The number of anilines is 1. The normalized spacial score (nSPS) is 22.2. The molecule has 0 radical (unpaired) electrons. The van der Waals surface area contributed by atoms with Crippen LogP contribution in [-0.4, -0.2) is 22.0 Å². The fraction of sp³-hybridized carbons (Fsp3) is 0.462. The van der Waals surface area contributed by atoms with Crippen molar-refractivity contribution in [3.8, 4) is 0 Å². The highest BCUT2D eigenvalue weighted by Gasteiger charge is 2.30. The standard InChI is InChI=1S/C13H16N2O4/c1-8-11(3-2-4-12(8)15(18)19)14-10-6-5-9(7-10)13(16)17/h2-4,9-10,14H,5-7H2,1H3,(H,16,17)/t9-,10+/m1/s1. The summed E-state index contributed by atoms with van der Waals surface area (Å²) in [5.41, 5.74) is 1.38. The van der Waals surface area contributed by atoms with Gasteiger partial charge in [0.25, 0.3) is 5.69 Å². The summed E-state index contributed by atoms with van der Waals surface area (Å²) in [6.45, 7) is 1.70. The summed E-state index contributed by atoms with van der Waals surface area (Å²) in [5.74, 6) is -1.07. The Morgan fingerprint density at radius 1 is 1.47 bits per heavy atom. The van der Waals surface area contributed by atoms with Gasteiger partial charge in [0.1, 0.15) is 0 Å². The van der Waals surface area contributed by atoms with Gasteiger partial charge < -0.3 is 10.4 Å². The lowest BCUT2D eigenvalue weighted by molar-refractivity contribution is -0.385. The van der Waals surface area contributed by atoms with E-state index in [4.69, 9.17) is 5.11 Å². The van der Waals surface area contributed by atoms with E-state index < -0.39 is 10.9 Å². The number of aliphatic carboxylic acids is 1. The third kappa shape index (κ3) is 2.83. The van der Waals surface area contributed by atoms with Crippen molar-refractivity contribution in [1.29, 1.82) is 0 Å². The Hall–Kier alpha value is -2.11. The van der Waals surface area contributed by atoms with E-state index in [1.165, 1.54) is 6.07 Å². The van der Waals surface area contributed by atoms with Gasteiger partial charge in [0.15, 0.2) is 0 Å². The van der Waals surface area contributed by atoms with Crippen LogP contribution in [0.15, 0.2) is 18.2 Å². The van der Waals surface area contributed by atoms with Crippen molar-refractivity contribution < 1.29 is 14.8 Å². The third-order valence-corrected chi connectivity index (χ3v) is 3.64. The first-order valence-electron chi connectivity index (χ1n) is 6.22. The third-order valence-electron chi connectivity index (χ3n) is 3.64. The zero-order chi connectivity index (χ0) is 14.0. The predicted octanol–water partition coefficient (Wildman–Crippen LogP) is 2.57. The first-order valence-corrected chi connectivity index (χ1v) is 6.22. The molecule has 1 aliphatic rings. The predicted molar refractivity (Wildman–Crippen MR) is 70.2 cm³/mol. The second-order valence-corrected chi connectivity index (χ2v) is 4.90. The first-order chi connectivity index (χ1) is 8.99. The van der Waals surface area contributed by atoms with Crippen LogP contribution < -0.4 is 5.32 Å². The van der Waals surface area contributed by atoms with Crippen molar-refractivity contribution in [2.45, 2.75) is 32.2 Å². The highest BCUT2D eigenvalue weighted by atomic mass is 16.6. The van der Waals surface area contributed by atoms with Crippen LogP contribution in [0.1, 0.15) is 24.8 Å². The zero-order valence-corrected chi connectivity index (χ0v) is 10.6. The summed E-state index contributed by atoms with van der Waals surface area (Å²) in [6.07, 6.45) is 2.00. The summed E-state index contributed by atoms with van der Waals surface area (Å²) in [5, 5.41) is 23.0. The molecule has 1 aliphatic carbocycles. The minimum absolute atomic E-state index is 0.0711. The molecule has 1 fully saturated rings. The lowest BCUT2D eigenvalue weighted by Gasteiger charge is -2.15. The summed E-state index contributed by atoms with van der Waals surface area (Å²) in [6, 6.07) is 4.96. The largest absolute Gasteiger partial charge is 0.481 e. The lowest BCUT2D eigenvalue weighted by Crippen LogP contribution is -2.18.